The number of hydrogen-bond donors (Lipinski definition) is 2. The highest BCUT2D eigenvalue weighted by Crippen LogP contribution is 2.28. The second-order valence-electron chi connectivity index (χ2n) is 4.13. The Kier molecular flexibility index (Phi) is 2.00. The summed E-state index contributed by atoms with van der Waals surface area (Å²) < 4.78 is 0. The van der Waals surface area contributed by atoms with Crippen molar-refractivity contribution in [2.75, 3.05) is 0 Å². The van der Waals surface area contributed by atoms with E-state index in [2.05, 4.69) is 10.2 Å². The molecule has 2 rings (SSSR count). The lowest BCUT2D eigenvalue weighted by molar-refractivity contribution is -0.122. The smallest absolute Gasteiger partial charge is 0.227 e. The summed E-state index contributed by atoms with van der Waals surface area (Å²) in [5.41, 5.74) is 6.54. The van der Waals surface area contributed by atoms with Crippen molar-refractivity contribution in [3.05, 3.63) is 30.0 Å². The summed E-state index contributed by atoms with van der Waals surface area (Å²) in [6.45, 7) is 3.63. The first-order valence-electron chi connectivity index (χ1n) is 4.76. The molecule has 0 fully saturated rings. The Labute approximate surface area is 87.5 Å². The van der Waals surface area contributed by atoms with Gasteiger partial charge in [0.05, 0.1) is 17.1 Å². The molecule has 0 aliphatic carbocycles. The van der Waals surface area contributed by atoms with Crippen LogP contribution in [0.5, 0.6) is 0 Å². The first kappa shape index (κ1) is 9.71. The number of aromatic amines is 1. The largest absolute Gasteiger partial charge is 0.369 e. The summed E-state index contributed by atoms with van der Waals surface area (Å²) >= 11 is 0. The quantitative estimate of drug-likeness (QED) is 0.772. The molecule has 1 heterocycles. The molecule has 2 aromatic rings. The lowest BCUT2D eigenvalue weighted by Gasteiger charge is -2.21. The first-order valence-corrected chi connectivity index (χ1v) is 4.76. The number of benzene rings is 1. The molecule has 0 bridgehead atoms. The highest BCUT2D eigenvalue weighted by atomic mass is 16.1. The van der Waals surface area contributed by atoms with E-state index in [0.717, 1.165) is 16.5 Å². The van der Waals surface area contributed by atoms with Gasteiger partial charge in [-0.3, -0.25) is 9.89 Å². The molecule has 1 aromatic heterocycles. The third-order valence-corrected chi connectivity index (χ3v) is 2.77. The number of rotatable bonds is 2. The van der Waals surface area contributed by atoms with Crippen molar-refractivity contribution in [3.63, 3.8) is 0 Å². The topological polar surface area (TPSA) is 71.8 Å². The van der Waals surface area contributed by atoms with E-state index in [4.69, 9.17) is 5.73 Å². The molecule has 3 N–H and O–H groups in total. The Hall–Kier alpha value is -1.84. The molecule has 0 atom stereocenters. The fourth-order valence-electron chi connectivity index (χ4n) is 1.65. The number of primary amides is 1. The van der Waals surface area contributed by atoms with Gasteiger partial charge in [0.1, 0.15) is 0 Å². The van der Waals surface area contributed by atoms with Gasteiger partial charge in [0.15, 0.2) is 0 Å². The fraction of sp³-hybridized carbons (Fsp3) is 0.273. The fourth-order valence-corrected chi connectivity index (χ4v) is 1.65. The zero-order valence-electron chi connectivity index (χ0n) is 8.74. The van der Waals surface area contributed by atoms with Crippen LogP contribution < -0.4 is 5.73 Å². The molecule has 4 nitrogen and oxygen atoms in total. The number of carbonyl (C=O) groups is 1. The van der Waals surface area contributed by atoms with Gasteiger partial charge in [-0.05, 0) is 25.5 Å². The van der Waals surface area contributed by atoms with Gasteiger partial charge in [-0.15, -0.1) is 0 Å². The Morgan fingerprint density at radius 1 is 1.47 bits per heavy atom. The number of nitrogens with zero attached hydrogens (tertiary/aromatic N) is 1. The lowest BCUT2D eigenvalue weighted by Crippen LogP contribution is -2.35. The number of carbonyl (C=O) groups excluding carboxylic acids is 1. The van der Waals surface area contributed by atoms with Gasteiger partial charge < -0.3 is 5.73 Å². The minimum atomic E-state index is -0.677. The average molecular weight is 203 g/mol. The normalized spacial score (nSPS) is 11.9. The second-order valence-corrected chi connectivity index (χ2v) is 4.13. The number of nitrogens with one attached hydrogen (secondary N) is 1. The summed E-state index contributed by atoms with van der Waals surface area (Å²) in [4.78, 5) is 11.4. The molecule has 0 saturated heterocycles. The van der Waals surface area contributed by atoms with Gasteiger partial charge in [-0.25, -0.2) is 0 Å². The van der Waals surface area contributed by atoms with E-state index in [9.17, 15) is 4.79 Å². The van der Waals surface area contributed by atoms with Crippen molar-refractivity contribution in [2.24, 2.45) is 5.73 Å². The lowest BCUT2D eigenvalue weighted by atomic mass is 9.82. The van der Waals surface area contributed by atoms with Crippen LogP contribution in [0.25, 0.3) is 10.9 Å². The zero-order valence-corrected chi connectivity index (χ0v) is 8.74. The second kappa shape index (κ2) is 3.08. The Morgan fingerprint density at radius 3 is 2.87 bits per heavy atom. The SMILES string of the molecule is CC(C)(C(N)=O)c1cccc2[nH]ncc12. The van der Waals surface area contributed by atoms with Crippen molar-refractivity contribution in [1.29, 1.82) is 0 Å². The zero-order chi connectivity index (χ0) is 11.1. The van der Waals surface area contributed by atoms with Crippen molar-refractivity contribution < 1.29 is 4.79 Å². The first-order chi connectivity index (χ1) is 7.03. The van der Waals surface area contributed by atoms with Crippen LogP contribution in [0.2, 0.25) is 0 Å². The van der Waals surface area contributed by atoms with Crippen LogP contribution in [-0.2, 0) is 10.2 Å². The maximum atomic E-state index is 11.4. The summed E-state index contributed by atoms with van der Waals surface area (Å²) in [6, 6.07) is 5.71. The molecule has 15 heavy (non-hydrogen) atoms. The molecule has 1 amide bonds. The van der Waals surface area contributed by atoms with E-state index in [1.165, 1.54) is 0 Å². The third kappa shape index (κ3) is 1.38. The molecule has 0 radical (unpaired) electrons. The van der Waals surface area contributed by atoms with E-state index >= 15 is 0 Å². The number of hydrogen-bond acceptors (Lipinski definition) is 2. The number of aromatic nitrogens is 2. The molecular formula is C11H13N3O. The predicted molar refractivity (Wildman–Crippen MR) is 58.3 cm³/mol. The Morgan fingerprint density at radius 2 is 2.20 bits per heavy atom. The van der Waals surface area contributed by atoms with E-state index in [1.54, 1.807) is 6.20 Å². The molecule has 0 unspecified atom stereocenters. The van der Waals surface area contributed by atoms with E-state index in [0.29, 0.717) is 0 Å². The maximum Gasteiger partial charge on any atom is 0.227 e. The molecule has 4 heteroatoms. The van der Waals surface area contributed by atoms with Crippen LogP contribution in [0.3, 0.4) is 0 Å². The molecular weight excluding hydrogens is 190 g/mol. The highest BCUT2D eigenvalue weighted by Gasteiger charge is 2.29. The standard InChI is InChI=1S/C11H13N3O/c1-11(2,10(12)15)8-4-3-5-9-7(8)6-13-14-9/h3-6H,1-2H3,(H2,12,15)(H,13,14). The predicted octanol–water partition coefficient (Wildman–Crippen LogP) is 1.33. The van der Waals surface area contributed by atoms with Gasteiger partial charge in [-0.1, -0.05) is 12.1 Å². The number of H-pyrrole nitrogens is 1. The van der Waals surface area contributed by atoms with Crippen LogP contribution >= 0.6 is 0 Å². The summed E-state index contributed by atoms with van der Waals surface area (Å²) in [6.07, 6.45) is 1.72. The Bertz CT molecular complexity index is 513. The highest BCUT2D eigenvalue weighted by molar-refractivity contribution is 5.93. The van der Waals surface area contributed by atoms with Crippen molar-refractivity contribution in [2.45, 2.75) is 19.3 Å². The summed E-state index contributed by atoms with van der Waals surface area (Å²) in [5.74, 6) is -0.337. The maximum absolute atomic E-state index is 11.4. The molecule has 0 aliphatic rings. The summed E-state index contributed by atoms with van der Waals surface area (Å²) in [5, 5.41) is 7.77. The molecule has 0 saturated carbocycles. The van der Waals surface area contributed by atoms with Crippen molar-refractivity contribution in [3.8, 4) is 0 Å². The minimum Gasteiger partial charge on any atom is -0.369 e. The van der Waals surface area contributed by atoms with Gasteiger partial charge in [0, 0.05) is 5.39 Å². The monoisotopic (exact) mass is 203 g/mol. The van der Waals surface area contributed by atoms with Gasteiger partial charge in [0.2, 0.25) is 5.91 Å². The van der Waals surface area contributed by atoms with Crippen molar-refractivity contribution in [1.82, 2.24) is 10.2 Å². The molecule has 78 valence electrons. The van der Waals surface area contributed by atoms with E-state index < -0.39 is 5.41 Å². The van der Waals surface area contributed by atoms with Crippen LogP contribution in [0.15, 0.2) is 24.4 Å². The van der Waals surface area contributed by atoms with Gasteiger partial charge >= 0.3 is 0 Å². The third-order valence-electron chi connectivity index (χ3n) is 2.77. The summed E-state index contributed by atoms with van der Waals surface area (Å²) in [7, 11) is 0. The molecule has 1 aromatic carbocycles. The van der Waals surface area contributed by atoms with Crippen LogP contribution in [0.1, 0.15) is 19.4 Å². The number of nitrogens with two attached hydrogens (primary N) is 1. The minimum absolute atomic E-state index is 0.337. The molecule has 0 aliphatic heterocycles. The average Bonchev–Trinajstić information content (AvgIpc) is 2.64. The van der Waals surface area contributed by atoms with E-state index in [-0.39, 0.29) is 5.91 Å². The van der Waals surface area contributed by atoms with Crippen LogP contribution in [0.4, 0.5) is 0 Å². The van der Waals surface area contributed by atoms with Gasteiger partial charge in [0.25, 0.3) is 0 Å². The van der Waals surface area contributed by atoms with Gasteiger partial charge in [-0.2, -0.15) is 5.10 Å². The molecule has 0 spiro atoms. The van der Waals surface area contributed by atoms with Crippen LogP contribution in [0, 0.1) is 0 Å². The Balaban J connectivity index is 2.71. The van der Waals surface area contributed by atoms with E-state index in [1.807, 2.05) is 32.0 Å². The van der Waals surface area contributed by atoms with Crippen molar-refractivity contribution >= 4 is 16.8 Å². The number of amides is 1. The van der Waals surface area contributed by atoms with Crippen LogP contribution in [-0.4, -0.2) is 16.1 Å². The number of fused-ring (bicyclic) bond motifs is 1.